The van der Waals surface area contributed by atoms with E-state index in [1.165, 1.54) is 11.3 Å². The third-order valence-electron chi connectivity index (χ3n) is 3.10. The molecule has 0 saturated heterocycles. The van der Waals surface area contributed by atoms with Crippen molar-refractivity contribution in [2.24, 2.45) is 5.92 Å². The topological polar surface area (TPSA) is 83.5 Å². The van der Waals surface area contributed by atoms with E-state index in [0.29, 0.717) is 0 Å². The number of carboxylic acids is 1. The van der Waals surface area contributed by atoms with Gasteiger partial charge in [0.1, 0.15) is 4.90 Å². The minimum absolute atomic E-state index is 0.140. The Bertz CT molecular complexity index is 791. The Morgan fingerprint density at radius 2 is 2.00 bits per heavy atom. The minimum Gasteiger partial charge on any atom is -0.481 e. The Labute approximate surface area is 135 Å². The molecule has 1 aromatic heterocycles. The summed E-state index contributed by atoms with van der Waals surface area (Å²) in [6, 6.07) is 6.26. The van der Waals surface area contributed by atoms with E-state index in [1.54, 1.807) is 17.5 Å². The van der Waals surface area contributed by atoms with Gasteiger partial charge in [-0.15, -0.1) is 11.3 Å². The quantitative estimate of drug-likeness (QED) is 0.792. The lowest BCUT2D eigenvalue weighted by atomic mass is 10.1. The summed E-state index contributed by atoms with van der Waals surface area (Å²) in [6.07, 6.45) is 0.140. The van der Waals surface area contributed by atoms with Gasteiger partial charge in [0.15, 0.2) is 11.6 Å². The average molecular weight is 361 g/mol. The molecule has 0 aliphatic carbocycles. The number of rotatable bonds is 7. The molecule has 0 bridgehead atoms. The number of carbonyl (C=O) groups is 1. The molecule has 0 unspecified atom stereocenters. The lowest BCUT2D eigenvalue weighted by Crippen LogP contribution is -2.34. The van der Waals surface area contributed by atoms with Crippen LogP contribution in [-0.2, 0) is 21.2 Å². The predicted molar refractivity (Wildman–Crippen MR) is 80.7 cm³/mol. The standard InChI is InChI=1S/C14H13F2NO4S2/c15-11-4-1-5-12(13(11)16)23(20,21)17-8-9(14(18)19)7-10-3-2-6-22-10/h1-6,9,17H,7-8H2,(H,18,19)/t9-/m0/s1. The molecular weight excluding hydrogens is 348 g/mol. The number of hydrogen-bond donors (Lipinski definition) is 2. The van der Waals surface area contributed by atoms with Crippen LogP contribution in [0.15, 0.2) is 40.6 Å². The van der Waals surface area contributed by atoms with Crippen molar-refractivity contribution in [3.8, 4) is 0 Å². The van der Waals surface area contributed by atoms with Gasteiger partial charge in [-0.2, -0.15) is 0 Å². The van der Waals surface area contributed by atoms with Gasteiger partial charge in [0.25, 0.3) is 0 Å². The third-order valence-corrected chi connectivity index (χ3v) is 5.44. The van der Waals surface area contributed by atoms with E-state index in [9.17, 15) is 27.1 Å². The van der Waals surface area contributed by atoms with Gasteiger partial charge in [-0.25, -0.2) is 21.9 Å². The Kier molecular flexibility index (Phi) is 5.45. The SMILES string of the molecule is O=C(O)[C@H](CNS(=O)(=O)c1cccc(F)c1F)Cc1cccs1. The summed E-state index contributed by atoms with van der Waals surface area (Å²) in [7, 11) is -4.35. The highest BCUT2D eigenvalue weighted by molar-refractivity contribution is 7.89. The van der Waals surface area contributed by atoms with Crippen molar-refractivity contribution in [1.82, 2.24) is 4.72 Å². The number of benzene rings is 1. The van der Waals surface area contributed by atoms with Gasteiger partial charge in [0.2, 0.25) is 10.0 Å². The Balaban J connectivity index is 2.13. The zero-order chi connectivity index (χ0) is 17.0. The van der Waals surface area contributed by atoms with Crippen LogP contribution in [0.2, 0.25) is 0 Å². The van der Waals surface area contributed by atoms with Gasteiger partial charge in [0, 0.05) is 11.4 Å². The summed E-state index contributed by atoms with van der Waals surface area (Å²) in [5.74, 6) is -4.98. The number of carboxylic acid groups (broad SMARTS) is 1. The van der Waals surface area contributed by atoms with E-state index in [2.05, 4.69) is 0 Å². The van der Waals surface area contributed by atoms with E-state index in [0.717, 1.165) is 23.1 Å². The van der Waals surface area contributed by atoms with Gasteiger partial charge in [0.05, 0.1) is 5.92 Å². The molecular formula is C14H13F2NO4S2. The summed E-state index contributed by atoms with van der Waals surface area (Å²) in [4.78, 5) is 11.2. The molecule has 2 aromatic rings. The highest BCUT2D eigenvalue weighted by atomic mass is 32.2. The molecule has 0 radical (unpaired) electrons. The molecule has 2 rings (SSSR count). The largest absolute Gasteiger partial charge is 0.481 e. The Hall–Kier alpha value is -1.84. The van der Waals surface area contributed by atoms with Crippen molar-refractivity contribution >= 4 is 27.3 Å². The predicted octanol–water partition coefficient (Wildman–Crippen LogP) is 2.25. The fraction of sp³-hybridized carbons (Fsp3) is 0.214. The van der Waals surface area contributed by atoms with Crippen molar-refractivity contribution in [2.75, 3.05) is 6.54 Å². The number of thiophene rings is 1. The van der Waals surface area contributed by atoms with E-state index < -0.39 is 45.0 Å². The first-order chi connectivity index (χ1) is 10.8. The molecule has 5 nitrogen and oxygen atoms in total. The van der Waals surface area contributed by atoms with Crippen LogP contribution in [-0.4, -0.2) is 26.0 Å². The van der Waals surface area contributed by atoms with E-state index in [-0.39, 0.29) is 6.42 Å². The monoisotopic (exact) mass is 361 g/mol. The zero-order valence-electron chi connectivity index (χ0n) is 11.7. The summed E-state index contributed by atoms with van der Waals surface area (Å²) in [5, 5.41) is 11.0. The van der Waals surface area contributed by atoms with E-state index >= 15 is 0 Å². The smallest absolute Gasteiger partial charge is 0.308 e. The first-order valence-corrected chi connectivity index (χ1v) is 8.86. The first-order valence-electron chi connectivity index (χ1n) is 6.50. The molecule has 1 aromatic carbocycles. The van der Waals surface area contributed by atoms with Crippen molar-refractivity contribution in [1.29, 1.82) is 0 Å². The van der Waals surface area contributed by atoms with E-state index in [4.69, 9.17) is 0 Å². The highest BCUT2D eigenvalue weighted by Gasteiger charge is 2.25. The molecule has 2 N–H and O–H groups in total. The van der Waals surface area contributed by atoms with Crippen LogP contribution in [0.5, 0.6) is 0 Å². The summed E-state index contributed by atoms with van der Waals surface area (Å²) >= 11 is 1.35. The van der Waals surface area contributed by atoms with E-state index in [1.807, 2.05) is 4.72 Å². The van der Waals surface area contributed by atoms with Gasteiger partial charge < -0.3 is 5.11 Å². The molecule has 0 fully saturated rings. The number of halogens is 2. The molecule has 0 saturated carbocycles. The third kappa shape index (κ3) is 4.34. The van der Waals surface area contributed by atoms with Gasteiger partial charge >= 0.3 is 5.97 Å². The lowest BCUT2D eigenvalue weighted by molar-refractivity contribution is -0.141. The molecule has 1 heterocycles. The second-order valence-corrected chi connectivity index (χ2v) is 7.49. The summed E-state index contributed by atoms with van der Waals surface area (Å²) in [6.45, 7) is -0.425. The molecule has 0 aliphatic rings. The number of nitrogens with one attached hydrogen (secondary N) is 1. The van der Waals surface area contributed by atoms with Crippen molar-refractivity contribution in [3.05, 3.63) is 52.2 Å². The van der Waals surface area contributed by atoms with Crippen molar-refractivity contribution < 1.29 is 27.1 Å². The first kappa shape index (κ1) is 17.5. The van der Waals surface area contributed by atoms with Crippen LogP contribution in [0.1, 0.15) is 4.88 Å². The van der Waals surface area contributed by atoms with Crippen LogP contribution < -0.4 is 4.72 Å². The summed E-state index contributed by atoms with van der Waals surface area (Å²) in [5.41, 5.74) is 0. The molecule has 9 heteroatoms. The zero-order valence-corrected chi connectivity index (χ0v) is 13.3. The maximum atomic E-state index is 13.6. The second kappa shape index (κ2) is 7.16. The maximum absolute atomic E-state index is 13.6. The van der Waals surface area contributed by atoms with Gasteiger partial charge in [-0.05, 0) is 30.0 Å². The van der Waals surface area contributed by atoms with Gasteiger partial charge in [-0.1, -0.05) is 12.1 Å². The van der Waals surface area contributed by atoms with Crippen molar-refractivity contribution in [3.63, 3.8) is 0 Å². The summed E-state index contributed by atoms with van der Waals surface area (Å²) < 4.78 is 52.8. The molecule has 0 amide bonds. The van der Waals surface area contributed by atoms with Crippen molar-refractivity contribution in [2.45, 2.75) is 11.3 Å². The molecule has 0 spiro atoms. The second-order valence-electron chi connectivity index (χ2n) is 4.72. The minimum atomic E-state index is -4.35. The number of hydrogen-bond acceptors (Lipinski definition) is 4. The fourth-order valence-corrected chi connectivity index (χ4v) is 3.85. The van der Waals surface area contributed by atoms with Crippen LogP contribution >= 0.6 is 11.3 Å². The average Bonchev–Trinajstić information content (AvgIpc) is 2.99. The number of sulfonamides is 1. The van der Waals surface area contributed by atoms with Gasteiger partial charge in [-0.3, -0.25) is 4.79 Å². The highest BCUT2D eigenvalue weighted by Crippen LogP contribution is 2.18. The number of aliphatic carboxylic acids is 1. The Morgan fingerprint density at radius 1 is 1.26 bits per heavy atom. The fourth-order valence-electron chi connectivity index (χ4n) is 1.90. The van der Waals surface area contributed by atoms with Crippen LogP contribution in [0.3, 0.4) is 0 Å². The molecule has 1 atom stereocenters. The van der Waals surface area contributed by atoms with Crippen LogP contribution in [0.25, 0.3) is 0 Å². The Morgan fingerprint density at radius 3 is 2.61 bits per heavy atom. The maximum Gasteiger partial charge on any atom is 0.308 e. The molecule has 124 valence electrons. The lowest BCUT2D eigenvalue weighted by Gasteiger charge is -2.13. The normalized spacial score (nSPS) is 13.0. The molecule has 23 heavy (non-hydrogen) atoms. The van der Waals surface area contributed by atoms with Crippen LogP contribution in [0, 0.1) is 17.6 Å². The molecule has 0 aliphatic heterocycles. The van der Waals surface area contributed by atoms with Crippen LogP contribution in [0.4, 0.5) is 8.78 Å².